The monoisotopic (exact) mass is 134 g/mol. The van der Waals surface area contributed by atoms with Crippen molar-refractivity contribution >= 4 is 11.8 Å². The summed E-state index contributed by atoms with van der Waals surface area (Å²) in [7, 11) is 0. The molecule has 0 fully saturated rings. The molecular formula is C8H10N2. The van der Waals surface area contributed by atoms with E-state index >= 15 is 0 Å². The highest BCUT2D eigenvalue weighted by Crippen LogP contribution is 1.96. The highest BCUT2D eigenvalue weighted by Gasteiger charge is 1.82. The summed E-state index contributed by atoms with van der Waals surface area (Å²) in [6, 6.07) is 3.89. The molecule has 1 aromatic rings. The van der Waals surface area contributed by atoms with Gasteiger partial charge in [-0.25, -0.2) is 0 Å². The van der Waals surface area contributed by atoms with Crippen molar-refractivity contribution in [3.05, 3.63) is 30.1 Å². The molecule has 2 N–H and O–H groups in total. The van der Waals surface area contributed by atoms with Crippen molar-refractivity contribution in [3.8, 4) is 0 Å². The van der Waals surface area contributed by atoms with Gasteiger partial charge in [0, 0.05) is 17.6 Å². The first-order chi connectivity index (χ1) is 4.79. The fraction of sp³-hybridized carbons (Fsp3) is 0.125. The molecule has 1 aromatic heterocycles. The van der Waals surface area contributed by atoms with Crippen molar-refractivity contribution in [2.75, 3.05) is 0 Å². The molecule has 0 amide bonds. The lowest BCUT2D eigenvalue weighted by atomic mass is 10.3. The van der Waals surface area contributed by atoms with E-state index in [1.54, 1.807) is 13.0 Å². The second-order valence-electron chi connectivity index (χ2n) is 2.14. The number of nitrogens with one attached hydrogen (secondary N) is 2. The van der Waals surface area contributed by atoms with Crippen LogP contribution in [0.1, 0.15) is 12.6 Å². The Kier molecular flexibility index (Phi) is 2.05. The molecule has 52 valence electrons. The molecule has 0 aliphatic heterocycles. The summed E-state index contributed by atoms with van der Waals surface area (Å²) >= 11 is 0. The summed E-state index contributed by atoms with van der Waals surface area (Å²) in [5.74, 6) is 0. The molecule has 10 heavy (non-hydrogen) atoms. The largest absolute Gasteiger partial charge is 0.362 e. The molecule has 0 unspecified atom stereocenters. The highest BCUT2D eigenvalue weighted by atomic mass is 14.7. The maximum absolute atomic E-state index is 7.10. The van der Waals surface area contributed by atoms with Gasteiger partial charge in [-0.1, -0.05) is 0 Å². The molecule has 1 rings (SSSR count). The maximum atomic E-state index is 7.10. The van der Waals surface area contributed by atoms with Crippen LogP contribution in [0.2, 0.25) is 0 Å². The van der Waals surface area contributed by atoms with E-state index < -0.39 is 0 Å². The molecule has 0 radical (unpaired) electrons. The molecule has 2 nitrogen and oxygen atoms in total. The van der Waals surface area contributed by atoms with Gasteiger partial charge in [0.05, 0.1) is 0 Å². The molecule has 0 aromatic carbocycles. The van der Waals surface area contributed by atoms with Crippen LogP contribution in [0.4, 0.5) is 0 Å². The minimum Gasteiger partial charge on any atom is -0.362 e. The topological polar surface area (TPSA) is 39.6 Å². The number of hydrogen-bond acceptors (Lipinski definition) is 1. The first-order valence-electron chi connectivity index (χ1n) is 3.15. The Balaban J connectivity index is 2.64. The summed E-state index contributed by atoms with van der Waals surface area (Å²) in [6.07, 6.45) is 5.49. The van der Waals surface area contributed by atoms with Gasteiger partial charge in [-0.15, -0.1) is 0 Å². The van der Waals surface area contributed by atoms with Gasteiger partial charge < -0.3 is 10.4 Å². The molecular weight excluding hydrogens is 124 g/mol. The summed E-state index contributed by atoms with van der Waals surface area (Å²) in [5, 5.41) is 7.10. The van der Waals surface area contributed by atoms with Crippen LogP contribution < -0.4 is 0 Å². The summed E-state index contributed by atoms with van der Waals surface area (Å²) < 4.78 is 0. The Morgan fingerprint density at radius 3 is 3.00 bits per heavy atom. The van der Waals surface area contributed by atoms with Crippen LogP contribution in [0.3, 0.4) is 0 Å². The Morgan fingerprint density at radius 1 is 1.70 bits per heavy atom. The molecule has 0 aliphatic carbocycles. The third-order valence-electron chi connectivity index (χ3n) is 1.13. The Labute approximate surface area is 60.1 Å². The lowest BCUT2D eigenvalue weighted by Gasteiger charge is -1.83. The van der Waals surface area contributed by atoms with Crippen molar-refractivity contribution in [1.82, 2.24) is 4.98 Å². The summed E-state index contributed by atoms with van der Waals surface area (Å²) in [4.78, 5) is 3.01. The number of allylic oxidation sites excluding steroid dienone is 1. The van der Waals surface area contributed by atoms with E-state index in [4.69, 9.17) is 5.41 Å². The second kappa shape index (κ2) is 3.01. The first-order valence-corrected chi connectivity index (χ1v) is 3.15. The van der Waals surface area contributed by atoms with Crippen molar-refractivity contribution < 1.29 is 0 Å². The van der Waals surface area contributed by atoms with E-state index in [0.29, 0.717) is 5.71 Å². The summed E-state index contributed by atoms with van der Waals surface area (Å²) in [5.41, 5.74) is 1.60. The molecule has 1 heterocycles. The maximum Gasteiger partial charge on any atom is 0.0380 e. The van der Waals surface area contributed by atoms with Gasteiger partial charge in [0.2, 0.25) is 0 Å². The van der Waals surface area contributed by atoms with E-state index in [9.17, 15) is 0 Å². The lowest BCUT2D eigenvalue weighted by molar-refractivity contribution is 1.38. The van der Waals surface area contributed by atoms with Gasteiger partial charge in [0.15, 0.2) is 0 Å². The minimum absolute atomic E-state index is 0.564. The van der Waals surface area contributed by atoms with Crippen LogP contribution in [-0.4, -0.2) is 10.7 Å². The zero-order valence-corrected chi connectivity index (χ0v) is 5.89. The number of H-pyrrole nitrogens is 1. The molecule has 2 heteroatoms. The van der Waals surface area contributed by atoms with Gasteiger partial charge in [-0.2, -0.15) is 0 Å². The van der Waals surface area contributed by atoms with Gasteiger partial charge in [0.1, 0.15) is 0 Å². The second-order valence-corrected chi connectivity index (χ2v) is 2.14. The molecule has 0 spiro atoms. The summed E-state index contributed by atoms with van der Waals surface area (Å²) in [6.45, 7) is 1.75. The minimum atomic E-state index is 0.564. The van der Waals surface area contributed by atoms with Crippen LogP contribution in [0, 0.1) is 5.41 Å². The number of aromatic amines is 1. The highest BCUT2D eigenvalue weighted by molar-refractivity contribution is 5.93. The van der Waals surface area contributed by atoms with Gasteiger partial charge in [0.25, 0.3) is 0 Å². The predicted octanol–water partition coefficient (Wildman–Crippen LogP) is 2.07. The van der Waals surface area contributed by atoms with E-state index in [2.05, 4.69) is 4.98 Å². The van der Waals surface area contributed by atoms with Crippen molar-refractivity contribution in [2.45, 2.75) is 6.92 Å². The average molecular weight is 134 g/mol. The predicted molar refractivity (Wildman–Crippen MR) is 43.2 cm³/mol. The average Bonchev–Trinajstić information content (AvgIpc) is 2.34. The first kappa shape index (κ1) is 6.81. The Bertz CT molecular complexity index is 232. The van der Waals surface area contributed by atoms with Gasteiger partial charge >= 0.3 is 0 Å². The van der Waals surface area contributed by atoms with E-state index in [-0.39, 0.29) is 0 Å². The number of rotatable bonds is 2. The van der Waals surface area contributed by atoms with Crippen LogP contribution in [0.25, 0.3) is 6.08 Å². The fourth-order valence-electron chi connectivity index (χ4n) is 0.663. The molecule has 0 aliphatic rings. The van der Waals surface area contributed by atoms with E-state index in [1.165, 1.54) is 0 Å². The third-order valence-corrected chi connectivity index (χ3v) is 1.13. The van der Waals surface area contributed by atoms with Gasteiger partial charge in [-0.05, 0) is 31.2 Å². The normalized spacial score (nSPS) is 10.5. The van der Waals surface area contributed by atoms with Gasteiger partial charge in [-0.3, -0.25) is 0 Å². The standard InChI is InChI=1S/C8H10N2/c1-7(9)4-5-8-3-2-6-10-8/h2-6,9-10H,1H3/b5-4-,9-7?. The Hall–Kier alpha value is -1.31. The third kappa shape index (κ3) is 1.90. The molecule has 0 saturated carbocycles. The van der Waals surface area contributed by atoms with Crippen molar-refractivity contribution in [2.24, 2.45) is 0 Å². The Morgan fingerprint density at radius 2 is 2.50 bits per heavy atom. The molecule has 0 bridgehead atoms. The zero-order valence-electron chi connectivity index (χ0n) is 5.89. The van der Waals surface area contributed by atoms with Crippen LogP contribution >= 0.6 is 0 Å². The van der Waals surface area contributed by atoms with E-state index in [0.717, 1.165) is 5.69 Å². The zero-order chi connectivity index (χ0) is 7.40. The van der Waals surface area contributed by atoms with Crippen LogP contribution in [0.5, 0.6) is 0 Å². The SMILES string of the molecule is CC(=N)/C=C\c1ccc[nH]1. The van der Waals surface area contributed by atoms with Crippen LogP contribution in [0.15, 0.2) is 24.4 Å². The van der Waals surface area contributed by atoms with Crippen LogP contribution in [-0.2, 0) is 0 Å². The lowest BCUT2D eigenvalue weighted by Crippen LogP contribution is -1.77. The quantitative estimate of drug-likeness (QED) is 0.581. The smallest absolute Gasteiger partial charge is 0.0380 e. The van der Waals surface area contributed by atoms with Crippen molar-refractivity contribution in [3.63, 3.8) is 0 Å². The fourth-order valence-corrected chi connectivity index (χ4v) is 0.663. The number of hydrogen-bond donors (Lipinski definition) is 2. The van der Waals surface area contributed by atoms with E-state index in [1.807, 2.05) is 24.4 Å². The number of aromatic nitrogens is 1. The molecule has 0 atom stereocenters. The molecule has 0 saturated heterocycles. The van der Waals surface area contributed by atoms with Crippen molar-refractivity contribution in [1.29, 1.82) is 5.41 Å².